The zero-order valence-electron chi connectivity index (χ0n) is 12.0. The van der Waals surface area contributed by atoms with E-state index in [-0.39, 0.29) is 23.8 Å². The number of halogens is 3. The lowest BCUT2D eigenvalue weighted by Gasteiger charge is -2.23. The smallest absolute Gasteiger partial charge is 0.425 e. The molecule has 10 heteroatoms. The number of nitrogens with zero attached hydrogens (tertiary/aromatic N) is 2. The van der Waals surface area contributed by atoms with Crippen molar-refractivity contribution in [2.75, 3.05) is 11.5 Å². The third kappa shape index (κ3) is 4.90. The van der Waals surface area contributed by atoms with Gasteiger partial charge >= 0.3 is 6.18 Å². The molecular formula is C13H16F3N3O3S. The number of aromatic nitrogens is 1. The second kappa shape index (κ2) is 6.83. The van der Waals surface area contributed by atoms with Crippen molar-refractivity contribution >= 4 is 15.6 Å². The second-order valence-electron chi connectivity index (χ2n) is 5.11. The highest BCUT2D eigenvalue weighted by Crippen LogP contribution is 2.27. The number of pyridine rings is 1. The van der Waals surface area contributed by atoms with Crippen LogP contribution in [0.15, 0.2) is 28.8 Å². The number of rotatable bonds is 5. The minimum atomic E-state index is -4.65. The topological polar surface area (TPSA) is 94.6 Å². The monoisotopic (exact) mass is 351 g/mol. The highest BCUT2D eigenvalue weighted by Gasteiger charge is 2.42. The normalized spacial score (nSPS) is 26.4. The maximum absolute atomic E-state index is 13.1. The summed E-state index contributed by atoms with van der Waals surface area (Å²) in [6.07, 6.45) is -5.94. The van der Waals surface area contributed by atoms with Gasteiger partial charge in [-0.25, -0.2) is 9.19 Å². The fourth-order valence-electron chi connectivity index (χ4n) is 2.00. The molecule has 2 N–H and O–H groups in total. The molecule has 6 nitrogen and oxygen atoms in total. The second-order valence-corrected chi connectivity index (χ2v) is 7.65. The van der Waals surface area contributed by atoms with Gasteiger partial charge in [0.25, 0.3) is 5.91 Å². The Bertz CT molecular complexity index is 672. The van der Waals surface area contributed by atoms with Gasteiger partial charge in [0.05, 0.1) is 15.8 Å². The maximum atomic E-state index is 13.1. The van der Waals surface area contributed by atoms with Crippen LogP contribution in [-0.4, -0.2) is 44.9 Å². The number of ether oxygens (including phenoxy) is 1. The van der Waals surface area contributed by atoms with E-state index in [2.05, 4.69) is 9.35 Å². The molecule has 0 saturated heterocycles. The molecule has 3 atom stereocenters. The van der Waals surface area contributed by atoms with Gasteiger partial charge in [0.1, 0.15) is 0 Å². The molecule has 0 aromatic carbocycles. The van der Waals surface area contributed by atoms with Gasteiger partial charge in [-0.15, -0.1) is 0 Å². The first-order chi connectivity index (χ1) is 10.7. The summed E-state index contributed by atoms with van der Waals surface area (Å²) in [5.74, 6) is -1.28. The molecule has 2 rings (SSSR count). The average Bonchev–Trinajstić information content (AvgIpc) is 2.48. The standard InChI is InChI=1S/C13H16F3N3O3S/c14-13(15,16)10(22-11-3-1-2-6-18-11)5-8-23(21)7-4-9(17)12(20)19-23/h1-3,6,9-10H,4-5,7-8,17H2/t9-,10?,23?/m0/s1. The maximum Gasteiger partial charge on any atom is 0.425 e. The van der Waals surface area contributed by atoms with Gasteiger partial charge in [-0.3, -0.25) is 4.79 Å². The number of carbonyl (C=O) groups is 1. The first kappa shape index (κ1) is 17.7. The van der Waals surface area contributed by atoms with Crippen molar-refractivity contribution < 1.29 is 26.9 Å². The van der Waals surface area contributed by atoms with Crippen LogP contribution in [0.25, 0.3) is 0 Å². The Morgan fingerprint density at radius 1 is 1.43 bits per heavy atom. The Morgan fingerprint density at radius 3 is 2.74 bits per heavy atom. The van der Waals surface area contributed by atoms with Crippen LogP contribution in [0.1, 0.15) is 12.8 Å². The third-order valence-corrected chi connectivity index (χ3v) is 5.55. The Balaban J connectivity index is 2.09. The molecule has 0 spiro atoms. The Morgan fingerprint density at radius 2 is 2.17 bits per heavy atom. The van der Waals surface area contributed by atoms with Crippen LogP contribution < -0.4 is 10.5 Å². The van der Waals surface area contributed by atoms with Crippen molar-refractivity contribution in [3.05, 3.63) is 24.4 Å². The van der Waals surface area contributed by atoms with Gasteiger partial charge in [-0.05, 0) is 12.5 Å². The lowest BCUT2D eigenvalue weighted by atomic mass is 10.2. The summed E-state index contributed by atoms with van der Waals surface area (Å²) in [7, 11) is -3.02. The van der Waals surface area contributed by atoms with Crippen molar-refractivity contribution in [3.63, 3.8) is 0 Å². The minimum Gasteiger partial charge on any atom is -0.465 e. The summed E-state index contributed by atoms with van der Waals surface area (Å²) >= 11 is 0. The van der Waals surface area contributed by atoms with Crippen molar-refractivity contribution in [1.29, 1.82) is 0 Å². The molecule has 23 heavy (non-hydrogen) atoms. The largest absolute Gasteiger partial charge is 0.465 e. The van der Waals surface area contributed by atoms with Gasteiger partial charge in [0.15, 0.2) is 6.10 Å². The zero-order valence-corrected chi connectivity index (χ0v) is 12.8. The number of hydrogen-bond donors (Lipinski definition) is 1. The van der Waals surface area contributed by atoms with Crippen LogP contribution in [0.5, 0.6) is 5.88 Å². The van der Waals surface area contributed by atoms with E-state index >= 15 is 0 Å². The summed E-state index contributed by atoms with van der Waals surface area (Å²) in [6, 6.07) is 3.51. The Labute approximate surface area is 131 Å². The number of amides is 1. The van der Waals surface area contributed by atoms with Crippen LogP contribution in [0.4, 0.5) is 13.2 Å². The van der Waals surface area contributed by atoms with E-state index in [1.807, 2.05) is 0 Å². The molecule has 1 aliphatic rings. The Hall–Kier alpha value is -1.68. The van der Waals surface area contributed by atoms with Crippen molar-refractivity contribution in [2.24, 2.45) is 10.1 Å². The molecule has 0 fully saturated rings. The highest BCUT2D eigenvalue weighted by molar-refractivity contribution is 7.93. The fraction of sp³-hybridized carbons (Fsp3) is 0.538. The fourth-order valence-corrected chi connectivity index (χ4v) is 4.06. The summed E-state index contributed by atoms with van der Waals surface area (Å²) < 4.78 is 59.9. The first-order valence-corrected chi connectivity index (χ1v) is 8.71. The minimum absolute atomic E-state index is 0.00801. The van der Waals surface area contributed by atoms with Crippen LogP contribution in [0.3, 0.4) is 0 Å². The highest BCUT2D eigenvalue weighted by atomic mass is 32.2. The molecule has 0 saturated carbocycles. The summed E-state index contributed by atoms with van der Waals surface area (Å²) in [5.41, 5.74) is 5.44. The summed E-state index contributed by atoms with van der Waals surface area (Å²) in [5, 5.41) is 0. The lowest BCUT2D eigenvalue weighted by molar-refractivity contribution is -0.196. The van der Waals surface area contributed by atoms with Crippen molar-refractivity contribution in [1.82, 2.24) is 4.98 Å². The van der Waals surface area contributed by atoms with E-state index in [0.29, 0.717) is 0 Å². The van der Waals surface area contributed by atoms with Crippen LogP contribution in [-0.2, 0) is 14.5 Å². The molecule has 2 heterocycles. The molecule has 128 valence electrons. The number of alkyl halides is 3. The molecule has 0 bridgehead atoms. The number of hydrogen-bond acceptors (Lipinski definition) is 5. The van der Waals surface area contributed by atoms with E-state index in [0.717, 1.165) is 0 Å². The summed E-state index contributed by atoms with van der Waals surface area (Å²) in [4.78, 5) is 15.1. The molecule has 1 aromatic heterocycles. The van der Waals surface area contributed by atoms with Crippen LogP contribution in [0.2, 0.25) is 0 Å². The van der Waals surface area contributed by atoms with Crippen molar-refractivity contribution in [3.8, 4) is 5.88 Å². The third-order valence-electron chi connectivity index (χ3n) is 3.29. The number of nitrogens with two attached hydrogens (primary N) is 1. The molecule has 1 aliphatic heterocycles. The van der Waals surface area contributed by atoms with E-state index < -0.39 is 40.4 Å². The zero-order chi connectivity index (χ0) is 17.1. The lowest BCUT2D eigenvalue weighted by Crippen LogP contribution is -2.39. The molecule has 1 aromatic rings. The van der Waals surface area contributed by atoms with Gasteiger partial charge in [0.2, 0.25) is 5.88 Å². The number of carbonyl (C=O) groups excluding carboxylic acids is 1. The van der Waals surface area contributed by atoms with Gasteiger partial charge in [-0.1, -0.05) is 6.07 Å². The van der Waals surface area contributed by atoms with E-state index in [9.17, 15) is 22.2 Å². The van der Waals surface area contributed by atoms with Gasteiger partial charge in [-0.2, -0.15) is 17.5 Å². The Kier molecular flexibility index (Phi) is 5.25. The SMILES string of the molecule is N[C@H]1CCS(=O)(CCC(Oc2ccccn2)C(F)(F)F)=NC1=O. The van der Waals surface area contributed by atoms with Crippen LogP contribution >= 0.6 is 0 Å². The average molecular weight is 351 g/mol. The van der Waals surface area contributed by atoms with Gasteiger partial charge in [0, 0.05) is 30.2 Å². The predicted octanol–water partition coefficient (Wildman–Crippen LogP) is 1.51. The molecule has 0 radical (unpaired) electrons. The molecular weight excluding hydrogens is 335 g/mol. The van der Waals surface area contributed by atoms with Crippen molar-refractivity contribution in [2.45, 2.75) is 31.2 Å². The summed E-state index contributed by atoms with van der Waals surface area (Å²) in [6.45, 7) is 0. The quantitative estimate of drug-likeness (QED) is 0.868. The predicted molar refractivity (Wildman–Crippen MR) is 77.2 cm³/mol. The molecule has 2 unspecified atom stereocenters. The molecule has 0 aliphatic carbocycles. The van der Waals surface area contributed by atoms with E-state index in [1.165, 1.54) is 18.3 Å². The first-order valence-electron chi connectivity index (χ1n) is 6.86. The van der Waals surface area contributed by atoms with Crippen LogP contribution in [0, 0.1) is 0 Å². The molecule has 1 amide bonds. The van der Waals surface area contributed by atoms with E-state index in [4.69, 9.17) is 10.5 Å². The van der Waals surface area contributed by atoms with E-state index in [1.54, 1.807) is 6.07 Å². The van der Waals surface area contributed by atoms with Gasteiger partial charge < -0.3 is 10.5 Å².